The van der Waals surface area contributed by atoms with Gasteiger partial charge in [-0.25, -0.2) is 13.1 Å². The van der Waals surface area contributed by atoms with Gasteiger partial charge in [0.1, 0.15) is 0 Å². The van der Waals surface area contributed by atoms with Crippen LogP contribution in [0.5, 0.6) is 0 Å². The summed E-state index contributed by atoms with van der Waals surface area (Å²) < 4.78 is 28.0. The number of nitrogens with one attached hydrogen (secondary N) is 2. The fraction of sp³-hybridized carbons (Fsp3) is 0.733. The molecule has 6 heteroatoms. The Kier molecular flexibility index (Phi) is 5.82. The van der Waals surface area contributed by atoms with Crippen LogP contribution in [0, 0.1) is 5.92 Å². The first-order chi connectivity index (χ1) is 9.88. The molecule has 0 atom stereocenters. The highest BCUT2D eigenvalue weighted by molar-refractivity contribution is 7.89. The van der Waals surface area contributed by atoms with E-state index in [1.165, 1.54) is 11.3 Å². The van der Waals surface area contributed by atoms with Crippen LogP contribution < -0.4 is 10.0 Å². The Morgan fingerprint density at radius 1 is 1.29 bits per heavy atom. The van der Waals surface area contributed by atoms with Crippen LogP contribution in [0.2, 0.25) is 0 Å². The lowest BCUT2D eigenvalue weighted by atomic mass is 9.88. The van der Waals surface area contributed by atoms with E-state index >= 15 is 0 Å². The monoisotopic (exact) mass is 330 g/mol. The molecular formula is C15H26N2O2S2. The van der Waals surface area contributed by atoms with Gasteiger partial charge in [-0.1, -0.05) is 20.8 Å². The summed E-state index contributed by atoms with van der Waals surface area (Å²) in [4.78, 5) is 1.33. The van der Waals surface area contributed by atoms with Crippen LogP contribution in [0.15, 0.2) is 16.3 Å². The minimum absolute atomic E-state index is 0.0945. The van der Waals surface area contributed by atoms with Gasteiger partial charge < -0.3 is 5.32 Å². The molecule has 0 bridgehead atoms. The van der Waals surface area contributed by atoms with E-state index < -0.39 is 10.0 Å². The van der Waals surface area contributed by atoms with Crippen LogP contribution in [-0.2, 0) is 16.6 Å². The average molecular weight is 331 g/mol. The molecule has 21 heavy (non-hydrogen) atoms. The molecule has 0 aromatic carbocycles. The number of hydrogen-bond acceptors (Lipinski definition) is 4. The Labute approximate surface area is 132 Å². The van der Waals surface area contributed by atoms with Crippen molar-refractivity contribution in [2.75, 3.05) is 0 Å². The third-order valence-corrected chi connectivity index (χ3v) is 6.66. The van der Waals surface area contributed by atoms with Crippen molar-refractivity contribution in [2.45, 2.75) is 70.0 Å². The number of thiophene rings is 1. The standard InChI is InChI=1S/C15H26N2O2S2/c1-11(2)16-10-14-15(8-9-20-14)21(18,19)17-13-6-4-12(3)5-7-13/h8-9,11-13,16-17H,4-7,10H2,1-3H3. The van der Waals surface area contributed by atoms with Gasteiger partial charge >= 0.3 is 0 Å². The Balaban J connectivity index is 2.04. The lowest BCUT2D eigenvalue weighted by Crippen LogP contribution is -2.37. The normalized spacial score (nSPS) is 23.6. The maximum absolute atomic E-state index is 12.6. The molecule has 1 aromatic rings. The highest BCUT2D eigenvalue weighted by Gasteiger charge is 2.26. The molecule has 2 N–H and O–H groups in total. The van der Waals surface area contributed by atoms with Crippen molar-refractivity contribution >= 4 is 21.4 Å². The van der Waals surface area contributed by atoms with Crippen LogP contribution in [-0.4, -0.2) is 20.5 Å². The predicted molar refractivity (Wildman–Crippen MR) is 88.0 cm³/mol. The van der Waals surface area contributed by atoms with Crippen LogP contribution in [0.3, 0.4) is 0 Å². The molecule has 0 amide bonds. The Morgan fingerprint density at radius 3 is 2.57 bits per heavy atom. The van der Waals surface area contributed by atoms with Crippen molar-refractivity contribution in [3.8, 4) is 0 Å². The lowest BCUT2D eigenvalue weighted by Gasteiger charge is -2.26. The van der Waals surface area contributed by atoms with Crippen molar-refractivity contribution in [3.63, 3.8) is 0 Å². The summed E-state index contributed by atoms with van der Waals surface area (Å²) in [6.07, 6.45) is 4.12. The molecule has 1 aliphatic carbocycles. The largest absolute Gasteiger partial charge is 0.310 e. The van der Waals surface area contributed by atoms with Gasteiger partial charge in [-0.3, -0.25) is 0 Å². The summed E-state index contributed by atoms with van der Waals surface area (Å²) in [5, 5.41) is 5.14. The van der Waals surface area contributed by atoms with E-state index in [1.54, 1.807) is 6.07 Å². The molecule has 0 spiro atoms. The smallest absolute Gasteiger partial charge is 0.241 e. The highest BCUT2D eigenvalue weighted by Crippen LogP contribution is 2.27. The Morgan fingerprint density at radius 2 is 1.95 bits per heavy atom. The van der Waals surface area contributed by atoms with Crippen LogP contribution in [0.25, 0.3) is 0 Å². The van der Waals surface area contributed by atoms with E-state index in [9.17, 15) is 8.42 Å². The molecular weight excluding hydrogens is 304 g/mol. The van der Waals surface area contributed by atoms with Gasteiger partial charge in [0.2, 0.25) is 10.0 Å². The van der Waals surface area contributed by atoms with E-state index in [1.807, 2.05) is 5.38 Å². The van der Waals surface area contributed by atoms with Gasteiger partial charge in [-0.15, -0.1) is 11.3 Å². The predicted octanol–water partition coefficient (Wildman–Crippen LogP) is 3.10. The zero-order chi connectivity index (χ0) is 15.5. The van der Waals surface area contributed by atoms with Crippen molar-refractivity contribution in [1.29, 1.82) is 0 Å². The molecule has 0 radical (unpaired) electrons. The number of sulfonamides is 1. The molecule has 4 nitrogen and oxygen atoms in total. The van der Waals surface area contributed by atoms with E-state index in [0.29, 0.717) is 17.5 Å². The van der Waals surface area contributed by atoms with Gasteiger partial charge in [0.05, 0.1) is 4.90 Å². The third-order valence-electron chi connectivity index (χ3n) is 4.00. The lowest BCUT2D eigenvalue weighted by molar-refractivity contribution is 0.332. The fourth-order valence-corrected chi connectivity index (χ4v) is 5.35. The van der Waals surface area contributed by atoms with Gasteiger partial charge in [0.25, 0.3) is 0 Å². The summed E-state index contributed by atoms with van der Waals surface area (Å²) in [7, 11) is -3.39. The Hall–Kier alpha value is -0.430. The second-order valence-corrected chi connectivity index (χ2v) is 9.00. The first-order valence-electron chi connectivity index (χ1n) is 7.70. The third kappa shape index (κ3) is 4.77. The highest BCUT2D eigenvalue weighted by atomic mass is 32.2. The maximum Gasteiger partial charge on any atom is 0.241 e. The summed E-state index contributed by atoms with van der Waals surface area (Å²) >= 11 is 1.50. The number of rotatable bonds is 6. The first-order valence-corrected chi connectivity index (χ1v) is 10.1. The second kappa shape index (κ2) is 7.22. The molecule has 0 saturated heterocycles. The molecule has 1 saturated carbocycles. The average Bonchev–Trinajstić information content (AvgIpc) is 2.88. The minimum atomic E-state index is -3.39. The van der Waals surface area contributed by atoms with Crippen LogP contribution in [0.1, 0.15) is 51.3 Å². The zero-order valence-electron chi connectivity index (χ0n) is 13.1. The van der Waals surface area contributed by atoms with E-state index in [0.717, 1.165) is 36.5 Å². The molecule has 120 valence electrons. The summed E-state index contributed by atoms with van der Waals surface area (Å²) in [6, 6.07) is 2.16. The summed E-state index contributed by atoms with van der Waals surface area (Å²) in [5.41, 5.74) is 0. The van der Waals surface area contributed by atoms with Crippen LogP contribution in [0.4, 0.5) is 0 Å². The zero-order valence-corrected chi connectivity index (χ0v) is 14.7. The molecule has 1 aliphatic rings. The fourth-order valence-electron chi connectivity index (χ4n) is 2.65. The van der Waals surface area contributed by atoms with Gasteiger partial charge in [0.15, 0.2) is 0 Å². The first kappa shape index (κ1) is 16.9. The maximum atomic E-state index is 12.6. The van der Waals surface area contributed by atoms with Crippen molar-refractivity contribution < 1.29 is 8.42 Å². The molecule has 1 fully saturated rings. The van der Waals surface area contributed by atoms with E-state index in [2.05, 4.69) is 30.8 Å². The molecule has 2 rings (SSSR count). The summed E-state index contributed by atoms with van der Waals surface area (Å²) in [6.45, 7) is 6.96. The SMILES string of the molecule is CC1CCC(NS(=O)(=O)c2ccsc2CNC(C)C)CC1. The van der Waals surface area contributed by atoms with Crippen molar-refractivity contribution in [2.24, 2.45) is 5.92 Å². The summed E-state index contributed by atoms with van der Waals surface area (Å²) in [5.74, 6) is 0.720. The van der Waals surface area contributed by atoms with Crippen LogP contribution >= 0.6 is 11.3 Å². The van der Waals surface area contributed by atoms with Gasteiger partial charge in [-0.05, 0) is 43.0 Å². The molecule has 1 aromatic heterocycles. The van der Waals surface area contributed by atoms with E-state index in [-0.39, 0.29) is 6.04 Å². The molecule has 0 unspecified atom stereocenters. The quantitative estimate of drug-likeness (QED) is 0.842. The second-order valence-electron chi connectivity index (χ2n) is 6.32. The van der Waals surface area contributed by atoms with Gasteiger partial charge in [0, 0.05) is 23.5 Å². The number of hydrogen-bond donors (Lipinski definition) is 2. The minimum Gasteiger partial charge on any atom is -0.310 e. The topological polar surface area (TPSA) is 58.2 Å². The van der Waals surface area contributed by atoms with Crippen molar-refractivity contribution in [1.82, 2.24) is 10.0 Å². The van der Waals surface area contributed by atoms with Crippen molar-refractivity contribution in [3.05, 3.63) is 16.3 Å². The van der Waals surface area contributed by atoms with Gasteiger partial charge in [-0.2, -0.15) is 0 Å². The Bertz CT molecular complexity index is 544. The molecule has 1 heterocycles. The van der Waals surface area contributed by atoms with E-state index in [4.69, 9.17) is 0 Å². The molecule has 0 aliphatic heterocycles.